The number of anilines is 1. The van der Waals surface area contributed by atoms with Gasteiger partial charge in [-0.1, -0.05) is 12.1 Å². The number of nitrogens with zero attached hydrogens (tertiary/aromatic N) is 4. The van der Waals surface area contributed by atoms with Gasteiger partial charge in [-0.05, 0) is 39.0 Å². The van der Waals surface area contributed by atoms with E-state index in [1.165, 1.54) is 0 Å². The van der Waals surface area contributed by atoms with Crippen molar-refractivity contribution in [3.8, 4) is 0 Å². The second-order valence-corrected chi connectivity index (χ2v) is 5.03. The van der Waals surface area contributed by atoms with Crippen molar-refractivity contribution >= 4 is 22.8 Å². The minimum absolute atomic E-state index is 0.393. The van der Waals surface area contributed by atoms with Gasteiger partial charge in [0.25, 0.3) is 0 Å². The van der Waals surface area contributed by atoms with Crippen LogP contribution in [0.2, 0.25) is 0 Å². The quantitative estimate of drug-likeness (QED) is 0.590. The third kappa shape index (κ3) is 2.94. The number of oxazole rings is 1. The second kappa shape index (κ2) is 5.40. The van der Waals surface area contributed by atoms with Crippen LogP contribution in [0, 0.1) is 13.8 Å². The molecule has 0 aliphatic heterocycles. The largest absolute Gasteiger partial charge is 0.422 e. The van der Waals surface area contributed by atoms with Gasteiger partial charge in [0.05, 0.1) is 18.0 Å². The van der Waals surface area contributed by atoms with Crippen LogP contribution in [0.25, 0.3) is 11.1 Å². The number of fused-ring (bicyclic) bond motifs is 1. The average Bonchev–Trinajstić information content (AvgIpc) is 2.99. The minimum atomic E-state index is 0.393. The topological polar surface area (TPSA) is 68.2 Å². The number of rotatable bonds is 4. The van der Waals surface area contributed by atoms with E-state index in [9.17, 15) is 0 Å². The highest BCUT2D eigenvalue weighted by Gasteiger charge is 2.05. The Labute approximate surface area is 122 Å². The van der Waals surface area contributed by atoms with Crippen molar-refractivity contribution in [1.29, 1.82) is 0 Å². The molecule has 0 spiro atoms. The Hall–Kier alpha value is -2.63. The molecule has 2 heterocycles. The van der Waals surface area contributed by atoms with Gasteiger partial charge in [-0.3, -0.25) is 4.68 Å². The first-order chi connectivity index (χ1) is 10.1. The summed E-state index contributed by atoms with van der Waals surface area (Å²) in [5.41, 5.74) is 7.42. The maximum atomic E-state index is 5.54. The maximum absolute atomic E-state index is 5.54. The van der Waals surface area contributed by atoms with Gasteiger partial charge in [0.2, 0.25) is 0 Å². The predicted molar refractivity (Wildman–Crippen MR) is 82.4 cm³/mol. The molecule has 0 aliphatic rings. The van der Waals surface area contributed by atoms with Crippen LogP contribution in [-0.2, 0) is 6.54 Å². The first-order valence-corrected chi connectivity index (χ1v) is 6.77. The summed E-state index contributed by atoms with van der Waals surface area (Å²) < 4.78 is 7.46. The van der Waals surface area contributed by atoms with Gasteiger partial charge in [-0.2, -0.15) is 15.2 Å². The lowest BCUT2D eigenvalue weighted by molar-refractivity contribution is 0.616. The highest BCUT2D eigenvalue weighted by Crippen LogP contribution is 2.17. The number of nitrogens with one attached hydrogen (secondary N) is 1. The molecule has 0 fully saturated rings. The van der Waals surface area contributed by atoms with Gasteiger partial charge >= 0.3 is 6.01 Å². The lowest BCUT2D eigenvalue weighted by Crippen LogP contribution is -2.11. The Morgan fingerprint density at radius 2 is 2.14 bits per heavy atom. The molecule has 6 nitrogen and oxygen atoms in total. The van der Waals surface area contributed by atoms with E-state index in [1.807, 2.05) is 55.8 Å². The molecule has 21 heavy (non-hydrogen) atoms. The fourth-order valence-corrected chi connectivity index (χ4v) is 2.15. The molecule has 1 N–H and O–H groups in total. The van der Waals surface area contributed by atoms with E-state index in [0.29, 0.717) is 12.6 Å². The number of aromatic nitrogens is 3. The molecule has 3 rings (SSSR count). The summed E-state index contributed by atoms with van der Waals surface area (Å²) in [6.07, 6.45) is 0. The number of hydrazone groups is 1. The van der Waals surface area contributed by atoms with Crippen LogP contribution < -0.4 is 5.43 Å². The zero-order valence-corrected chi connectivity index (χ0v) is 12.3. The van der Waals surface area contributed by atoms with Gasteiger partial charge in [-0.25, -0.2) is 5.43 Å². The van der Waals surface area contributed by atoms with E-state index in [-0.39, 0.29) is 0 Å². The Morgan fingerprint density at radius 3 is 2.86 bits per heavy atom. The van der Waals surface area contributed by atoms with Crippen molar-refractivity contribution < 1.29 is 4.42 Å². The fraction of sp³-hybridized carbons (Fsp3) is 0.267. The Kier molecular flexibility index (Phi) is 3.43. The molecule has 1 aromatic carbocycles. The van der Waals surface area contributed by atoms with Crippen LogP contribution in [0.1, 0.15) is 18.3 Å². The average molecular weight is 283 g/mol. The molecule has 0 atom stereocenters. The van der Waals surface area contributed by atoms with E-state index < -0.39 is 0 Å². The SMILES string of the molecule is CC(Cn1nc(C)cc1C)=NNc1nc2ccccc2o1. The van der Waals surface area contributed by atoms with Crippen molar-refractivity contribution in [3.63, 3.8) is 0 Å². The Balaban J connectivity index is 1.71. The molecule has 0 radical (unpaired) electrons. The summed E-state index contributed by atoms with van der Waals surface area (Å²) in [6, 6.07) is 10.0. The predicted octanol–water partition coefficient (Wildman–Crippen LogP) is 3.13. The van der Waals surface area contributed by atoms with Crippen LogP contribution in [0.4, 0.5) is 6.01 Å². The summed E-state index contributed by atoms with van der Waals surface area (Å²) in [6.45, 7) is 6.58. The molecule has 108 valence electrons. The Morgan fingerprint density at radius 1 is 1.33 bits per heavy atom. The summed E-state index contributed by atoms with van der Waals surface area (Å²) in [4.78, 5) is 4.31. The van der Waals surface area contributed by atoms with Gasteiger partial charge in [0.15, 0.2) is 5.58 Å². The smallest absolute Gasteiger partial charge is 0.316 e. The first kappa shape index (κ1) is 13.4. The highest BCUT2D eigenvalue weighted by atomic mass is 16.4. The van der Waals surface area contributed by atoms with Crippen molar-refractivity contribution in [1.82, 2.24) is 14.8 Å². The zero-order valence-electron chi connectivity index (χ0n) is 12.3. The van der Waals surface area contributed by atoms with Gasteiger partial charge < -0.3 is 4.42 Å². The van der Waals surface area contributed by atoms with Crippen molar-refractivity contribution in [2.75, 3.05) is 5.43 Å². The number of benzene rings is 1. The molecule has 6 heteroatoms. The third-order valence-electron chi connectivity index (χ3n) is 3.12. The Bertz CT molecular complexity index is 766. The fourth-order valence-electron chi connectivity index (χ4n) is 2.15. The first-order valence-electron chi connectivity index (χ1n) is 6.77. The van der Waals surface area contributed by atoms with Crippen LogP contribution in [0.15, 0.2) is 39.9 Å². The molecular formula is C15H17N5O. The highest BCUT2D eigenvalue weighted by molar-refractivity contribution is 5.82. The van der Waals surface area contributed by atoms with Gasteiger partial charge in [0.1, 0.15) is 5.52 Å². The second-order valence-electron chi connectivity index (χ2n) is 5.03. The van der Waals surface area contributed by atoms with E-state index in [1.54, 1.807) is 0 Å². The number of hydrogen-bond donors (Lipinski definition) is 1. The monoisotopic (exact) mass is 283 g/mol. The molecule has 0 saturated carbocycles. The molecule has 0 aliphatic carbocycles. The summed E-state index contributed by atoms with van der Waals surface area (Å²) >= 11 is 0. The summed E-state index contributed by atoms with van der Waals surface area (Å²) in [5, 5.41) is 8.69. The van der Waals surface area contributed by atoms with E-state index in [0.717, 1.165) is 28.2 Å². The van der Waals surface area contributed by atoms with Crippen LogP contribution in [0.5, 0.6) is 0 Å². The van der Waals surface area contributed by atoms with Crippen LogP contribution in [0.3, 0.4) is 0 Å². The lowest BCUT2D eigenvalue weighted by Gasteiger charge is -2.03. The van der Waals surface area contributed by atoms with Crippen molar-refractivity contribution in [3.05, 3.63) is 41.7 Å². The normalized spacial score (nSPS) is 12.0. The molecule has 0 amide bonds. The third-order valence-corrected chi connectivity index (χ3v) is 3.12. The van der Waals surface area contributed by atoms with Crippen LogP contribution >= 0.6 is 0 Å². The maximum Gasteiger partial charge on any atom is 0.316 e. The van der Waals surface area contributed by atoms with E-state index >= 15 is 0 Å². The zero-order chi connectivity index (χ0) is 14.8. The molecule has 0 unspecified atom stereocenters. The number of aryl methyl sites for hydroxylation is 2. The van der Waals surface area contributed by atoms with Crippen molar-refractivity contribution in [2.24, 2.45) is 5.10 Å². The van der Waals surface area contributed by atoms with Crippen LogP contribution in [-0.4, -0.2) is 20.5 Å². The molecule has 3 aromatic rings. The number of para-hydroxylation sites is 2. The standard InChI is InChI=1S/C15H17N5O/c1-10-8-12(3)20(19-10)9-11(2)17-18-15-16-13-6-4-5-7-14(13)21-15/h4-8H,9H2,1-3H3,(H,16,18). The van der Waals surface area contributed by atoms with Crippen molar-refractivity contribution in [2.45, 2.75) is 27.3 Å². The molecule has 0 saturated heterocycles. The van der Waals surface area contributed by atoms with Gasteiger partial charge in [0, 0.05) is 5.69 Å². The molecule has 2 aromatic heterocycles. The molecule has 0 bridgehead atoms. The van der Waals surface area contributed by atoms with E-state index in [4.69, 9.17) is 4.42 Å². The minimum Gasteiger partial charge on any atom is -0.422 e. The number of hydrogen-bond acceptors (Lipinski definition) is 5. The molecular weight excluding hydrogens is 266 g/mol. The summed E-state index contributed by atoms with van der Waals surface area (Å²) in [7, 11) is 0. The van der Waals surface area contributed by atoms with E-state index in [2.05, 4.69) is 20.6 Å². The van der Waals surface area contributed by atoms with Gasteiger partial charge in [-0.15, -0.1) is 0 Å². The lowest BCUT2D eigenvalue weighted by atomic mass is 10.3. The summed E-state index contributed by atoms with van der Waals surface area (Å²) in [5.74, 6) is 0.